The van der Waals surface area contributed by atoms with Gasteiger partial charge in [-0.15, -0.1) is 0 Å². The number of hydrogen-bond acceptors (Lipinski definition) is 3. The molecular weight excluding hydrogens is 286 g/mol. The van der Waals surface area contributed by atoms with Crippen LogP contribution in [0, 0.1) is 17.8 Å². The molecule has 0 spiro atoms. The summed E-state index contributed by atoms with van der Waals surface area (Å²) in [5, 5.41) is 0. The van der Waals surface area contributed by atoms with E-state index < -0.39 is 0 Å². The topological polar surface area (TPSA) is 26.8 Å². The highest BCUT2D eigenvalue weighted by molar-refractivity contribution is 5.78. The molecule has 2 rings (SSSR count). The standard InChI is InChI=1S/C19H37N3O/c1-16(2)15-21-9-6-18(7-10-21)5-8-20-11-13-22(14-12-20)19(23)17(3)4/h16-18H,5-15H2,1-4H3. The third kappa shape index (κ3) is 6.07. The Balaban J connectivity index is 1.60. The molecular formula is C19H37N3O. The molecule has 0 atom stereocenters. The molecule has 0 unspecified atom stereocenters. The molecule has 0 saturated carbocycles. The van der Waals surface area contributed by atoms with Crippen LogP contribution in [0.1, 0.15) is 47.0 Å². The fraction of sp³-hybridized carbons (Fsp3) is 0.947. The Morgan fingerprint density at radius 2 is 1.52 bits per heavy atom. The van der Waals surface area contributed by atoms with E-state index in [9.17, 15) is 4.79 Å². The van der Waals surface area contributed by atoms with Crippen LogP contribution in [-0.4, -0.2) is 73.0 Å². The maximum atomic E-state index is 12.0. The van der Waals surface area contributed by atoms with Gasteiger partial charge >= 0.3 is 0 Å². The minimum atomic E-state index is 0.137. The van der Waals surface area contributed by atoms with Gasteiger partial charge in [-0.2, -0.15) is 0 Å². The van der Waals surface area contributed by atoms with Crippen LogP contribution in [0.25, 0.3) is 0 Å². The van der Waals surface area contributed by atoms with E-state index in [-0.39, 0.29) is 5.92 Å². The normalized spacial score (nSPS) is 22.3. The van der Waals surface area contributed by atoms with Crippen molar-refractivity contribution in [1.82, 2.24) is 14.7 Å². The smallest absolute Gasteiger partial charge is 0.225 e. The first kappa shape index (κ1) is 18.7. The van der Waals surface area contributed by atoms with Crippen molar-refractivity contribution in [2.45, 2.75) is 47.0 Å². The summed E-state index contributed by atoms with van der Waals surface area (Å²) in [4.78, 5) is 19.3. The van der Waals surface area contributed by atoms with E-state index in [2.05, 4.69) is 23.6 Å². The summed E-state index contributed by atoms with van der Waals surface area (Å²) >= 11 is 0. The number of nitrogens with zero attached hydrogens (tertiary/aromatic N) is 3. The molecule has 4 heteroatoms. The first-order valence-corrected chi connectivity index (χ1v) is 9.69. The zero-order valence-electron chi connectivity index (χ0n) is 15.8. The highest BCUT2D eigenvalue weighted by Gasteiger charge is 2.24. The number of carbonyl (C=O) groups is 1. The lowest BCUT2D eigenvalue weighted by Crippen LogP contribution is -2.50. The summed E-state index contributed by atoms with van der Waals surface area (Å²) < 4.78 is 0. The van der Waals surface area contributed by atoms with E-state index in [1.165, 1.54) is 45.4 Å². The number of piperazine rings is 1. The summed E-state index contributed by atoms with van der Waals surface area (Å²) in [5.74, 6) is 2.16. The van der Waals surface area contributed by atoms with E-state index in [0.717, 1.165) is 38.0 Å². The van der Waals surface area contributed by atoms with Gasteiger partial charge < -0.3 is 9.80 Å². The van der Waals surface area contributed by atoms with Gasteiger partial charge in [0.2, 0.25) is 5.91 Å². The average Bonchev–Trinajstić information content (AvgIpc) is 2.53. The molecule has 2 saturated heterocycles. The molecule has 0 radical (unpaired) electrons. The minimum Gasteiger partial charge on any atom is -0.340 e. The summed E-state index contributed by atoms with van der Waals surface area (Å²) in [5.41, 5.74) is 0. The second kappa shape index (κ2) is 9.03. The average molecular weight is 324 g/mol. The third-order valence-electron chi connectivity index (χ3n) is 5.36. The molecule has 2 aliphatic rings. The zero-order valence-corrected chi connectivity index (χ0v) is 15.8. The molecule has 0 aliphatic carbocycles. The Morgan fingerprint density at radius 1 is 0.913 bits per heavy atom. The van der Waals surface area contributed by atoms with Crippen molar-refractivity contribution in [3.05, 3.63) is 0 Å². The number of hydrogen-bond donors (Lipinski definition) is 0. The van der Waals surface area contributed by atoms with Crippen molar-refractivity contribution < 1.29 is 4.79 Å². The van der Waals surface area contributed by atoms with Crippen molar-refractivity contribution >= 4 is 5.91 Å². The van der Waals surface area contributed by atoms with Crippen LogP contribution >= 0.6 is 0 Å². The fourth-order valence-electron chi connectivity index (χ4n) is 3.90. The summed E-state index contributed by atoms with van der Waals surface area (Å²) in [6, 6.07) is 0. The van der Waals surface area contributed by atoms with Crippen LogP contribution in [0.4, 0.5) is 0 Å². The maximum Gasteiger partial charge on any atom is 0.225 e. The number of rotatable bonds is 6. The van der Waals surface area contributed by atoms with E-state index in [1.807, 2.05) is 18.7 Å². The van der Waals surface area contributed by atoms with E-state index in [0.29, 0.717) is 5.91 Å². The van der Waals surface area contributed by atoms with Crippen molar-refractivity contribution in [1.29, 1.82) is 0 Å². The van der Waals surface area contributed by atoms with Crippen LogP contribution < -0.4 is 0 Å². The zero-order chi connectivity index (χ0) is 16.8. The second-order valence-corrected chi connectivity index (χ2v) is 8.25. The molecule has 1 amide bonds. The highest BCUT2D eigenvalue weighted by atomic mass is 16.2. The van der Waals surface area contributed by atoms with E-state index in [4.69, 9.17) is 0 Å². The van der Waals surface area contributed by atoms with E-state index >= 15 is 0 Å². The predicted molar refractivity (Wildman–Crippen MR) is 96.5 cm³/mol. The molecule has 2 heterocycles. The molecule has 0 aromatic heterocycles. The molecule has 134 valence electrons. The van der Waals surface area contributed by atoms with Crippen molar-refractivity contribution in [2.24, 2.45) is 17.8 Å². The first-order chi connectivity index (χ1) is 11.0. The largest absolute Gasteiger partial charge is 0.340 e. The number of likely N-dealkylation sites (tertiary alicyclic amines) is 1. The summed E-state index contributed by atoms with van der Waals surface area (Å²) in [6.07, 6.45) is 4.09. The predicted octanol–water partition coefficient (Wildman–Crippen LogP) is 2.54. The Bertz CT molecular complexity index is 354. The van der Waals surface area contributed by atoms with Gasteiger partial charge in [0.05, 0.1) is 0 Å². The molecule has 4 nitrogen and oxygen atoms in total. The molecule has 0 bridgehead atoms. The van der Waals surface area contributed by atoms with Gasteiger partial charge in [-0.1, -0.05) is 27.7 Å². The Labute approximate surface area is 143 Å². The molecule has 2 aliphatic heterocycles. The number of piperidine rings is 1. The Kier molecular flexibility index (Phi) is 7.35. The van der Waals surface area contributed by atoms with Crippen LogP contribution in [0.15, 0.2) is 0 Å². The van der Waals surface area contributed by atoms with Crippen LogP contribution in [0.2, 0.25) is 0 Å². The maximum absolute atomic E-state index is 12.0. The Hall–Kier alpha value is -0.610. The quantitative estimate of drug-likeness (QED) is 0.751. The summed E-state index contributed by atoms with van der Waals surface area (Å²) in [6.45, 7) is 17.7. The molecule has 23 heavy (non-hydrogen) atoms. The van der Waals surface area contributed by atoms with Crippen LogP contribution in [-0.2, 0) is 4.79 Å². The molecule has 2 fully saturated rings. The van der Waals surface area contributed by atoms with Gasteiger partial charge in [0, 0.05) is 38.6 Å². The third-order valence-corrected chi connectivity index (χ3v) is 5.36. The molecule has 0 N–H and O–H groups in total. The van der Waals surface area contributed by atoms with Gasteiger partial charge in [-0.25, -0.2) is 0 Å². The minimum absolute atomic E-state index is 0.137. The van der Waals surface area contributed by atoms with Crippen LogP contribution in [0.5, 0.6) is 0 Å². The van der Waals surface area contributed by atoms with Crippen molar-refractivity contribution in [2.75, 3.05) is 52.4 Å². The van der Waals surface area contributed by atoms with Gasteiger partial charge in [0.25, 0.3) is 0 Å². The highest BCUT2D eigenvalue weighted by Crippen LogP contribution is 2.22. The van der Waals surface area contributed by atoms with Crippen LogP contribution in [0.3, 0.4) is 0 Å². The van der Waals surface area contributed by atoms with E-state index in [1.54, 1.807) is 0 Å². The lowest BCUT2D eigenvalue weighted by Gasteiger charge is -2.37. The number of amides is 1. The second-order valence-electron chi connectivity index (χ2n) is 8.25. The van der Waals surface area contributed by atoms with Gasteiger partial charge in [-0.3, -0.25) is 9.69 Å². The molecule has 0 aromatic carbocycles. The van der Waals surface area contributed by atoms with Crippen molar-refractivity contribution in [3.63, 3.8) is 0 Å². The van der Waals surface area contributed by atoms with Gasteiger partial charge in [0.15, 0.2) is 0 Å². The summed E-state index contributed by atoms with van der Waals surface area (Å²) in [7, 11) is 0. The van der Waals surface area contributed by atoms with Gasteiger partial charge in [-0.05, 0) is 50.7 Å². The van der Waals surface area contributed by atoms with Crippen molar-refractivity contribution in [3.8, 4) is 0 Å². The van der Waals surface area contributed by atoms with Gasteiger partial charge in [0.1, 0.15) is 0 Å². The Morgan fingerprint density at radius 3 is 2.04 bits per heavy atom. The monoisotopic (exact) mass is 323 g/mol. The SMILES string of the molecule is CC(C)CN1CCC(CCN2CCN(C(=O)C(C)C)CC2)CC1. The lowest BCUT2D eigenvalue weighted by molar-refractivity contribution is -0.136. The lowest BCUT2D eigenvalue weighted by atomic mass is 9.93. The molecule has 0 aromatic rings. The number of carbonyl (C=O) groups excluding carboxylic acids is 1. The fourth-order valence-corrected chi connectivity index (χ4v) is 3.90. The first-order valence-electron chi connectivity index (χ1n) is 9.69.